The molecule has 0 atom stereocenters. The number of carbonyl (C=O) groups is 1. The van der Waals surface area contributed by atoms with Crippen LogP contribution in [0.1, 0.15) is 38.3 Å². The summed E-state index contributed by atoms with van der Waals surface area (Å²) < 4.78 is 45.1. The number of amides is 1. The monoisotopic (exact) mass is 568 g/mol. The van der Waals surface area contributed by atoms with Crippen LogP contribution in [0.25, 0.3) is 11.3 Å². The molecule has 2 aromatic heterocycles. The molecule has 3 N–H and O–H groups in total. The van der Waals surface area contributed by atoms with Crippen LogP contribution in [0.2, 0.25) is 0 Å². The quantitative estimate of drug-likeness (QED) is 0.260. The summed E-state index contributed by atoms with van der Waals surface area (Å²) in [6.45, 7) is 8.03. The molecule has 11 heteroatoms. The van der Waals surface area contributed by atoms with Crippen molar-refractivity contribution in [3.05, 3.63) is 82.9 Å². The second-order valence-electron chi connectivity index (χ2n) is 9.01. The van der Waals surface area contributed by atoms with E-state index in [2.05, 4.69) is 9.97 Å². The fraction of sp³-hybridized carbons (Fsp3) is 0.207. The van der Waals surface area contributed by atoms with E-state index in [-0.39, 0.29) is 26.6 Å². The molecule has 1 amide bonds. The molecule has 10 nitrogen and oxygen atoms in total. The molecule has 0 unspecified atom stereocenters. The maximum absolute atomic E-state index is 13.3. The van der Waals surface area contributed by atoms with Crippen LogP contribution in [0.3, 0.4) is 0 Å². The number of aromatic nitrogens is 2. The molecule has 4 aromatic rings. The first-order valence-corrected chi connectivity index (χ1v) is 13.9. The fourth-order valence-corrected chi connectivity index (χ4v) is 5.13. The molecule has 0 spiro atoms. The zero-order valence-corrected chi connectivity index (χ0v) is 23.6. The number of nitrogens with zero attached hydrogens (tertiary/aromatic N) is 2. The molecule has 214 valence electrons. The number of aryl methyl sites for hydroxylation is 3. The van der Waals surface area contributed by atoms with Gasteiger partial charge in [0.15, 0.2) is 16.5 Å². The van der Waals surface area contributed by atoms with Gasteiger partial charge in [-0.25, -0.2) is 14.7 Å². The van der Waals surface area contributed by atoms with Crippen molar-refractivity contribution in [1.29, 1.82) is 0 Å². The van der Waals surface area contributed by atoms with Gasteiger partial charge in [-0.2, -0.15) is 8.42 Å². The normalized spacial score (nSPS) is 11.1. The molecule has 0 aliphatic rings. The van der Waals surface area contributed by atoms with Gasteiger partial charge in [-0.15, -0.1) is 0 Å². The molecule has 4 rings (SSSR count). The number of ether oxygens (including phenoxy) is 3. The van der Waals surface area contributed by atoms with Gasteiger partial charge in [0, 0.05) is 9.84 Å². The highest BCUT2D eigenvalue weighted by Crippen LogP contribution is 2.35. The molecular weight excluding hydrogens is 532 g/mol. The van der Waals surface area contributed by atoms with Crippen LogP contribution in [0.5, 0.6) is 23.1 Å². The van der Waals surface area contributed by atoms with Crippen molar-refractivity contribution in [3.8, 4) is 34.4 Å². The zero-order chi connectivity index (χ0) is 29.0. The number of nitrogens with one attached hydrogen (secondary N) is 1. The van der Waals surface area contributed by atoms with E-state index in [1.807, 2.05) is 44.5 Å². The summed E-state index contributed by atoms with van der Waals surface area (Å²) >= 11 is 0. The standard InChI is InChI=1S/C29H30N4O6S.3H2/c1-6-38-24-16-20(10-13-23(24)37-5)22-12-11-21(28(34)33-40(35,36)26-9-7-8-25(30)32-26)29(31-22)39-27-18(3)14-17(2)15-19(27)4;;;/h7-16H,6H2,1-5H3,(H2,30,32)(H,33,34);3*1H. The molecule has 0 saturated carbocycles. The Hall–Kier alpha value is -4.64. The number of methoxy groups -OCH3 is 1. The van der Waals surface area contributed by atoms with Crippen molar-refractivity contribution in [1.82, 2.24) is 14.7 Å². The number of pyridine rings is 2. The SMILES string of the molecule is CCOc1cc(-c2ccc(C(=O)NS(=O)(=O)c3cccc(N)n3)c(Oc3c(C)cc(C)cc3C)n2)ccc1OC.[HH].[HH].[HH]. The summed E-state index contributed by atoms with van der Waals surface area (Å²) in [5, 5.41) is -0.389. The predicted octanol–water partition coefficient (Wildman–Crippen LogP) is 5.71. The van der Waals surface area contributed by atoms with Gasteiger partial charge in [0.2, 0.25) is 5.88 Å². The van der Waals surface area contributed by atoms with Gasteiger partial charge in [-0.1, -0.05) is 23.8 Å². The maximum Gasteiger partial charge on any atom is 0.281 e. The molecular formula is C29H36N4O6S. The molecule has 2 heterocycles. The fourth-order valence-electron chi connectivity index (χ4n) is 4.19. The van der Waals surface area contributed by atoms with Gasteiger partial charge in [0.05, 0.1) is 19.4 Å². The van der Waals surface area contributed by atoms with Crippen LogP contribution in [0.15, 0.2) is 65.7 Å². The highest BCUT2D eigenvalue weighted by atomic mass is 32.2. The van der Waals surface area contributed by atoms with E-state index in [9.17, 15) is 13.2 Å². The molecule has 2 aromatic carbocycles. The second kappa shape index (κ2) is 11.6. The Balaban J connectivity index is 0.00000308. The van der Waals surface area contributed by atoms with Crippen LogP contribution >= 0.6 is 0 Å². The van der Waals surface area contributed by atoms with E-state index in [4.69, 9.17) is 19.9 Å². The second-order valence-corrected chi connectivity index (χ2v) is 10.6. The molecule has 0 bridgehead atoms. The first-order valence-electron chi connectivity index (χ1n) is 12.4. The number of benzene rings is 2. The van der Waals surface area contributed by atoms with Gasteiger partial charge in [0.1, 0.15) is 17.1 Å². The number of anilines is 1. The zero-order valence-electron chi connectivity index (χ0n) is 22.8. The largest absolute Gasteiger partial charge is 0.493 e. The first kappa shape index (κ1) is 28.4. The number of carbonyl (C=O) groups excluding carboxylic acids is 1. The molecule has 0 aliphatic carbocycles. The van der Waals surface area contributed by atoms with Crippen molar-refractivity contribution in [3.63, 3.8) is 0 Å². The van der Waals surface area contributed by atoms with Crippen LogP contribution in [0, 0.1) is 20.8 Å². The van der Waals surface area contributed by atoms with Crippen molar-refractivity contribution in [2.24, 2.45) is 0 Å². The van der Waals surface area contributed by atoms with E-state index in [1.54, 1.807) is 31.4 Å². The number of hydrogen-bond donors (Lipinski definition) is 2. The summed E-state index contributed by atoms with van der Waals surface area (Å²) in [7, 11) is -2.78. The topological polar surface area (TPSA) is 143 Å². The van der Waals surface area contributed by atoms with E-state index in [1.165, 1.54) is 24.3 Å². The first-order chi connectivity index (χ1) is 19.0. The smallest absolute Gasteiger partial charge is 0.281 e. The molecule has 0 fully saturated rings. The highest BCUT2D eigenvalue weighted by Gasteiger charge is 2.25. The minimum absolute atomic E-state index is 0. The Morgan fingerprint density at radius 1 is 0.975 bits per heavy atom. The summed E-state index contributed by atoms with van der Waals surface area (Å²) in [4.78, 5) is 21.8. The van der Waals surface area contributed by atoms with Gasteiger partial charge in [0.25, 0.3) is 15.9 Å². The van der Waals surface area contributed by atoms with Crippen LogP contribution in [-0.4, -0.2) is 38.0 Å². The molecule has 0 aliphatic heterocycles. The van der Waals surface area contributed by atoms with Gasteiger partial charge >= 0.3 is 0 Å². The average Bonchev–Trinajstić information content (AvgIpc) is 2.90. The number of hydrogen-bond acceptors (Lipinski definition) is 9. The lowest BCUT2D eigenvalue weighted by molar-refractivity contribution is 0.0978. The van der Waals surface area contributed by atoms with Crippen LogP contribution < -0.4 is 24.7 Å². The van der Waals surface area contributed by atoms with Crippen LogP contribution in [0.4, 0.5) is 5.82 Å². The molecule has 0 saturated heterocycles. The van der Waals surface area contributed by atoms with Crippen molar-refractivity contribution in [2.45, 2.75) is 32.7 Å². The summed E-state index contributed by atoms with van der Waals surface area (Å²) in [6.07, 6.45) is 0. The lowest BCUT2D eigenvalue weighted by Gasteiger charge is -2.16. The van der Waals surface area contributed by atoms with E-state index in [0.717, 1.165) is 16.7 Å². The third kappa shape index (κ3) is 6.15. The molecule has 0 radical (unpaired) electrons. The number of sulfonamides is 1. The summed E-state index contributed by atoms with van der Waals surface area (Å²) in [5.41, 5.74) is 9.39. The highest BCUT2D eigenvalue weighted by molar-refractivity contribution is 7.90. The summed E-state index contributed by atoms with van der Waals surface area (Å²) in [6, 6.07) is 16.4. The Bertz CT molecular complexity index is 1680. The number of nitrogen functional groups attached to an aromatic ring is 1. The Kier molecular flexibility index (Phi) is 8.24. The predicted molar refractivity (Wildman–Crippen MR) is 158 cm³/mol. The average molecular weight is 569 g/mol. The van der Waals surface area contributed by atoms with E-state index >= 15 is 0 Å². The van der Waals surface area contributed by atoms with Crippen molar-refractivity contribution in [2.75, 3.05) is 19.5 Å². The molecule has 40 heavy (non-hydrogen) atoms. The van der Waals surface area contributed by atoms with Crippen LogP contribution in [-0.2, 0) is 10.0 Å². The number of nitrogens with two attached hydrogens (primary N) is 1. The maximum atomic E-state index is 13.3. The minimum atomic E-state index is -4.33. The van der Waals surface area contributed by atoms with Crippen molar-refractivity contribution >= 4 is 21.7 Å². The Morgan fingerprint density at radius 2 is 1.70 bits per heavy atom. The third-order valence-corrected chi connectivity index (χ3v) is 7.15. The lowest BCUT2D eigenvalue weighted by atomic mass is 10.1. The van der Waals surface area contributed by atoms with Crippen molar-refractivity contribution < 1.29 is 31.7 Å². The number of rotatable bonds is 9. The van der Waals surface area contributed by atoms with E-state index < -0.39 is 15.9 Å². The van der Waals surface area contributed by atoms with Gasteiger partial charge < -0.3 is 19.9 Å². The Morgan fingerprint density at radius 3 is 2.35 bits per heavy atom. The van der Waals surface area contributed by atoms with E-state index in [0.29, 0.717) is 35.1 Å². The minimum Gasteiger partial charge on any atom is -0.493 e. The lowest BCUT2D eigenvalue weighted by Crippen LogP contribution is -2.31. The third-order valence-electron chi connectivity index (χ3n) is 5.92. The Labute approximate surface area is 237 Å². The van der Waals surface area contributed by atoms with Gasteiger partial charge in [-0.3, -0.25) is 4.79 Å². The van der Waals surface area contributed by atoms with Gasteiger partial charge in [-0.05, 0) is 81.3 Å². The summed E-state index contributed by atoms with van der Waals surface area (Å²) in [5.74, 6) is 0.583.